The van der Waals surface area contributed by atoms with Gasteiger partial charge in [0, 0.05) is 11.6 Å². The topological polar surface area (TPSA) is 49.4 Å². The van der Waals surface area contributed by atoms with Crippen molar-refractivity contribution in [3.05, 3.63) is 34.9 Å². The maximum absolute atomic E-state index is 12.4. The molecule has 1 aromatic carbocycles. The zero-order valence-electron chi connectivity index (χ0n) is 11.9. The van der Waals surface area contributed by atoms with Crippen molar-refractivity contribution in [2.45, 2.75) is 45.3 Å². The zero-order chi connectivity index (χ0) is 14.9. The highest BCUT2D eigenvalue weighted by Gasteiger charge is 2.46. The van der Waals surface area contributed by atoms with Crippen LogP contribution in [0, 0.1) is 0 Å². The molecule has 0 aliphatic carbocycles. The van der Waals surface area contributed by atoms with Crippen LogP contribution in [-0.4, -0.2) is 28.3 Å². The van der Waals surface area contributed by atoms with Gasteiger partial charge in [0.25, 0.3) is 0 Å². The number of hydrogen-bond donors (Lipinski definition) is 1. The quantitative estimate of drug-likeness (QED) is 0.930. The van der Waals surface area contributed by atoms with Crippen LogP contribution in [0.1, 0.15) is 32.8 Å². The van der Waals surface area contributed by atoms with Crippen molar-refractivity contribution in [3.63, 3.8) is 0 Å². The Morgan fingerprint density at radius 1 is 1.40 bits per heavy atom. The molecule has 2 amide bonds. The van der Waals surface area contributed by atoms with Crippen molar-refractivity contribution >= 4 is 23.4 Å². The first-order chi connectivity index (χ1) is 9.38. The molecule has 108 valence electrons. The molecule has 0 bridgehead atoms. The Morgan fingerprint density at radius 3 is 2.70 bits per heavy atom. The van der Waals surface area contributed by atoms with E-state index < -0.39 is 11.6 Å². The lowest BCUT2D eigenvalue weighted by molar-refractivity contribution is -0.157. The van der Waals surface area contributed by atoms with Gasteiger partial charge in [0.1, 0.15) is 11.6 Å². The van der Waals surface area contributed by atoms with E-state index >= 15 is 0 Å². The SMILES string of the molecule is CCC1(C)C(=O)NC(C)C(=O)N1Cc1cccc(Cl)c1. The van der Waals surface area contributed by atoms with Crippen LogP contribution in [0.15, 0.2) is 24.3 Å². The van der Waals surface area contributed by atoms with Crippen molar-refractivity contribution in [1.82, 2.24) is 10.2 Å². The second-order valence-electron chi connectivity index (χ2n) is 5.38. The Hall–Kier alpha value is -1.55. The monoisotopic (exact) mass is 294 g/mol. The van der Waals surface area contributed by atoms with Crippen LogP contribution in [-0.2, 0) is 16.1 Å². The fraction of sp³-hybridized carbons (Fsp3) is 0.467. The van der Waals surface area contributed by atoms with Crippen LogP contribution >= 0.6 is 11.6 Å². The van der Waals surface area contributed by atoms with Crippen molar-refractivity contribution < 1.29 is 9.59 Å². The number of carbonyl (C=O) groups excluding carboxylic acids is 2. The van der Waals surface area contributed by atoms with Gasteiger partial charge >= 0.3 is 0 Å². The van der Waals surface area contributed by atoms with Gasteiger partial charge in [-0.15, -0.1) is 0 Å². The van der Waals surface area contributed by atoms with Crippen LogP contribution in [0.5, 0.6) is 0 Å². The fourth-order valence-corrected chi connectivity index (χ4v) is 2.65. The largest absolute Gasteiger partial charge is 0.343 e. The van der Waals surface area contributed by atoms with Gasteiger partial charge in [-0.2, -0.15) is 0 Å². The van der Waals surface area contributed by atoms with Gasteiger partial charge in [-0.25, -0.2) is 0 Å². The minimum atomic E-state index is -0.814. The Bertz CT molecular complexity index is 546. The molecule has 2 rings (SSSR count). The van der Waals surface area contributed by atoms with Crippen LogP contribution in [0.4, 0.5) is 0 Å². The molecule has 4 nitrogen and oxygen atoms in total. The van der Waals surface area contributed by atoms with Gasteiger partial charge in [0.05, 0.1) is 0 Å². The Balaban J connectivity index is 2.34. The van der Waals surface area contributed by atoms with Gasteiger partial charge in [-0.05, 0) is 38.0 Å². The molecule has 0 aromatic heterocycles. The average molecular weight is 295 g/mol. The van der Waals surface area contributed by atoms with E-state index in [0.29, 0.717) is 18.0 Å². The van der Waals surface area contributed by atoms with Crippen molar-refractivity contribution in [2.75, 3.05) is 0 Å². The number of rotatable bonds is 3. The molecule has 1 saturated heterocycles. The number of amides is 2. The molecule has 20 heavy (non-hydrogen) atoms. The number of nitrogens with zero attached hydrogens (tertiary/aromatic N) is 1. The lowest BCUT2D eigenvalue weighted by atomic mass is 9.90. The molecule has 2 atom stereocenters. The molecule has 0 spiro atoms. The lowest BCUT2D eigenvalue weighted by Crippen LogP contribution is -2.68. The Kier molecular flexibility index (Phi) is 4.04. The van der Waals surface area contributed by atoms with Crippen LogP contribution in [0.25, 0.3) is 0 Å². The van der Waals surface area contributed by atoms with Crippen molar-refractivity contribution in [3.8, 4) is 0 Å². The van der Waals surface area contributed by atoms with E-state index in [2.05, 4.69) is 5.32 Å². The van der Waals surface area contributed by atoms with E-state index in [1.807, 2.05) is 25.1 Å². The van der Waals surface area contributed by atoms with E-state index in [-0.39, 0.29) is 11.8 Å². The van der Waals surface area contributed by atoms with Gasteiger partial charge in [0.15, 0.2) is 0 Å². The molecule has 1 fully saturated rings. The third kappa shape index (κ3) is 2.52. The summed E-state index contributed by atoms with van der Waals surface area (Å²) in [6.45, 7) is 5.81. The van der Waals surface area contributed by atoms with Crippen LogP contribution < -0.4 is 5.32 Å². The molecule has 1 N–H and O–H groups in total. The normalized spacial score (nSPS) is 26.6. The Morgan fingerprint density at radius 2 is 2.10 bits per heavy atom. The predicted molar refractivity (Wildman–Crippen MR) is 78.3 cm³/mol. The first-order valence-electron chi connectivity index (χ1n) is 6.75. The van der Waals surface area contributed by atoms with E-state index in [1.54, 1.807) is 24.8 Å². The highest BCUT2D eigenvalue weighted by molar-refractivity contribution is 6.30. The smallest absolute Gasteiger partial charge is 0.246 e. The van der Waals surface area contributed by atoms with Gasteiger partial charge in [0.2, 0.25) is 11.8 Å². The molecule has 2 unspecified atom stereocenters. The van der Waals surface area contributed by atoms with E-state index in [9.17, 15) is 9.59 Å². The second kappa shape index (κ2) is 5.44. The van der Waals surface area contributed by atoms with E-state index in [4.69, 9.17) is 11.6 Å². The van der Waals surface area contributed by atoms with Gasteiger partial charge in [-0.1, -0.05) is 30.7 Å². The minimum Gasteiger partial charge on any atom is -0.343 e. The average Bonchev–Trinajstić information content (AvgIpc) is 2.41. The number of hydrogen-bond acceptors (Lipinski definition) is 2. The van der Waals surface area contributed by atoms with E-state index in [0.717, 1.165) is 5.56 Å². The summed E-state index contributed by atoms with van der Waals surface area (Å²) in [4.78, 5) is 26.3. The lowest BCUT2D eigenvalue weighted by Gasteiger charge is -2.45. The fourth-order valence-electron chi connectivity index (χ4n) is 2.44. The summed E-state index contributed by atoms with van der Waals surface area (Å²) in [6, 6.07) is 6.88. The number of carbonyl (C=O) groups is 2. The minimum absolute atomic E-state index is 0.0612. The molecule has 1 aliphatic heterocycles. The maximum Gasteiger partial charge on any atom is 0.246 e. The van der Waals surface area contributed by atoms with Gasteiger partial charge in [-0.3, -0.25) is 9.59 Å². The summed E-state index contributed by atoms with van der Waals surface area (Å²) >= 11 is 5.98. The van der Waals surface area contributed by atoms with Crippen LogP contribution in [0.3, 0.4) is 0 Å². The third-order valence-corrected chi connectivity index (χ3v) is 4.22. The van der Waals surface area contributed by atoms with E-state index in [1.165, 1.54) is 0 Å². The molecule has 1 aliphatic rings. The molecule has 1 aromatic rings. The third-order valence-electron chi connectivity index (χ3n) is 3.99. The number of nitrogens with one attached hydrogen (secondary N) is 1. The predicted octanol–water partition coefficient (Wildman–Crippen LogP) is 2.36. The number of benzene rings is 1. The van der Waals surface area contributed by atoms with Crippen LogP contribution in [0.2, 0.25) is 5.02 Å². The molecule has 1 heterocycles. The molecular weight excluding hydrogens is 276 g/mol. The first-order valence-corrected chi connectivity index (χ1v) is 7.13. The zero-order valence-corrected chi connectivity index (χ0v) is 12.7. The molecular formula is C15H19ClN2O2. The van der Waals surface area contributed by atoms with Crippen molar-refractivity contribution in [2.24, 2.45) is 0 Å². The second-order valence-corrected chi connectivity index (χ2v) is 5.81. The summed E-state index contributed by atoms with van der Waals surface area (Å²) in [7, 11) is 0. The highest BCUT2D eigenvalue weighted by atomic mass is 35.5. The summed E-state index contributed by atoms with van der Waals surface area (Å²) in [6.07, 6.45) is 0.567. The number of piperazine rings is 1. The standard InChI is InChI=1S/C15H19ClN2O2/c1-4-15(3)14(20)17-10(2)13(19)18(15)9-11-6-5-7-12(16)8-11/h5-8,10H,4,9H2,1-3H3,(H,17,20). The molecule has 5 heteroatoms. The molecule has 0 radical (unpaired) electrons. The summed E-state index contributed by atoms with van der Waals surface area (Å²) in [5.74, 6) is -0.164. The first kappa shape index (κ1) is 14.9. The summed E-state index contributed by atoms with van der Waals surface area (Å²) in [5, 5.41) is 3.37. The van der Waals surface area contributed by atoms with Gasteiger partial charge < -0.3 is 10.2 Å². The van der Waals surface area contributed by atoms with Crippen molar-refractivity contribution in [1.29, 1.82) is 0 Å². The highest BCUT2D eigenvalue weighted by Crippen LogP contribution is 2.27. The Labute approximate surface area is 124 Å². The summed E-state index contributed by atoms with van der Waals surface area (Å²) in [5.41, 5.74) is 0.110. The summed E-state index contributed by atoms with van der Waals surface area (Å²) < 4.78 is 0. The molecule has 0 saturated carbocycles. The maximum atomic E-state index is 12.4. The number of halogens is 1.